The molecule has 2 saturated carbocycles. The first-order chi connectivity index (χ1) is 30.0. The summed E-state index contributed by atoms with van der Waals surface area (Å²) >= 11 is 0. The minimum atomic E-state index is -2.13. The molecule has 64 heavy (non-hydrogen) atoms. The quantitative estimate of drug-likeness (QED) is 0.0309. The molecule has 8 heteroatoms. The van der Waals surface area contributed by atoms with Crippen LogP contribution in [0.1, 0.15) is 185 Å². The standard InChI is InChI=1S/C56H100O6Si2/c1-17-21-25-31-43(5)37-39-49-48(51(60-54(58)36-28-24-20-4)42-52(49)62-64(15,16)56(10,11)12)34-30-29-33-47-46(44(6)41-50(47)59-53(57)35-27-23-19-3)40-38-45(32-26-22-18-2)61-63(13,14)55(7,8)9/h19-20,29-30,37-40,43-52H,3-4,17-18,21-28,31-36,41-42H2,1-2,5-16H3/b30-29+,39-37+,40-38+/t43-,44+,45-,46-,47+,48+,49+,50-,51-,52+/m0/s1. The Bertz CT molecular complexity index is 1470. The highest BCUT2D eigenvalue weighted by Crippen LogP contribution is 2.47. The van der Waals surface area contributed by atoms with Crippen molar-refractivity contribution in [2.45, 2.75) is 245 Å². The second-order valence-corrected chi connectivity index (χ2v) is 32.4. The van der Waals surface area contributed by atoms with E-state index in [1.807, 2.05) is 12.2 Å². The molecule has 368 valence electrons. The summed E-state index contributed by atoms with van der Waals surface area (Å²) in [6.45, 7) is 40.1. The van der Waals surface area contributed by atoms with Crippen LogP contribution in [-0.2, 0) is 27.9 Å². The van der Waals surface area contributed by atoms with Crippen molar-refractivity contribution in [2.24, 2.45) is 35.5 Å². The molecule has 0 N–H and O–H groups in total. The molecule has 0 aromatic heterocycles. The maximum absolute atomic E-state index is 13.4. The molecule has 2 rings (SSSR count). The van der Waals surface area contributed by atoms with Crippen molar-refractivity contribution in [3.63, 3.8) is 0 Å². The monoisotopic (exact) mass is 925 g/mol. The van der Waals surface area contributed by atoms with Crippen LogP contribution in [0.5, 0.6) is 0 Å². The van der Waals surface area contributed by atoms with Gasteiger partial charge in [0.1, 0.15) is 12.2 Å². The normalized spacial score (nSPS) is 25.7. The predicted molar refractivity (Wildman–Crippen MR) is 278 cm³/mol. The van der Waals surface area contributed by atoms with E-state index < -0.39 is 16.6 Å². The minimum Gasteiger partial charge on any atom is -0.462 e. The van der Waals surface area contributed by atoms with Crippen molar-refractivity contribution in [3.05, 3.63) is 61.8 Å². The lowest BCUT2D eigenvalue weighted by atomic mass is 9.85. The number of esters is 2. The number of carbonyl (C=O) groups excluding carboxylic acids is 2. The zero-order valence-electron chi connectivity index (χ0n) is 44.0. The van der Waals surface area contributed by atoms with Crippen molar-refractivity contribution in [3.8, 4) is 0 Å². The fraction of sp³-hybridized carbons (Fsp3) is 0.786. The lowest BCUT2D eigenvalue weighted by molar-refractivity contribution is -0.152. The van der Waals surface area contributed by atoms with Gasteiger partial charge >= 0.3 is 11.9 Å². The molecule has 2 aliphatic rings. The van der Waals surface area contributed by atoms with E-state index in [2.05, 4.69) is 145 Å². The van der Waals surface area contributed by atoms with Gasteiger partial charge in [0.2, 0.25) is 0 Å². The fourth-order valence-electron chi connectivity index (χ4n) is 9.09. The number of hydrogen-bond acceptors (Lipinski definition) is 6. The van der Waals surface area contributed by atoms with E-state index in [-0.39, 0.29) is 70.1 Å². The van der Waals surface area contributed by atoms with E-state index in [0.717, 1.165) is 57.8 Å². The Labute approximate surface area is 397 Å². The summed E-state index contributed by atoms with van der Waals surface area (Å²) in [7, 11) is -4.13. The van der Waals surface area contributed by atoms with E-state index in [0.29, 0.717) is 31.1 Å². The van der Waals surface area contributed by atoms with Crippen LogP contribution in [0.3, 0.4) is 0 Å². The molecule has 0 aliphatic heterocycles. The molecule has 0 amide bonds. The second kappa shape index (κ2) is 28.4. The highest BCUT2D eigenvalue weighted by Gasteiger charge is 2.49. The lowest BCUT2D eigenvalue weighted by Crippen LogP contribution is -2.45. The summed E-state index contributed by atoms with van der Waals surface area (Å²) in [6.07, 6.45) is 34.3. The number of hydrogen-bond donors (Lipinski definition) is 0. The van der Waals surface area contributed by atoms with Gasteiger partial charge in [-0.05, 0) is 112 Å². The highest BCUT2D eigenvalue weighted by atomic mass is 28.4. The third kappa shape index (κ3) is 19.7. The second-order valence-electron chi connectivity index (χ2n) is 22.9. The molecule has 2 fully saturated rings. The van der Waals surface area contributed by atoms with Crippen LogP contribution in [0.4, 0.5) is 0 Å². The molecule has 0 radical (unpaired) electrons. The van der Waals surface area contributed by atoms with Crippen molar-refractivity contribution in [1.82, 2.24) is 0 Å². The van der Waals surface area contributed by atoms with Gasteiger partial charge in [-0.1, -0.05) is 156 Å². The van der Waals surface area contributed by atoms with Gasteiger partial charge in [-0.2, -0.15) is 0 Å². The Balaban J connectivity index is 2.54. The van der Waals surface area contributed by atoms with Crippen molar-refractivity contribution >= 4 is 28.6 Å². The largest absolute Gasteiger partial charge is 0.462 e. The molecule has 10 atom stereocenters. The van der Waals surface area contributed by atoms with Gasteiger partial charge in [0.05, 0.1) is 12.2 Å². The smallest absolute Gasteiger partial charge is 0.306 e. The van der Waals surface area contributed by atoms with E-state index in [1.165, 1.54) is 38.5 Å². The predicted octanol–water partition coefficient (Wildman–Crippen LogP) is 16.5. The molecule has 0 unspecified atom stereocenters. The average molecular weight is 926 g/mol. The van der Waals surface area contributed by atoms with E-state index in [4.69, 9.17) is 18.3 Å². The van der Waals surface area contributed by atoms with Gasteiger partial charge in [-0.25, -0.2) is 0 Å². The zero-order chi connectivity index (χ0) is 48.1. The van der Waals surface area contributed by atoms with Crippen molar-refractivity contribution in [1.29, 1.82) is 0 Å². The first kappa shape index (κ1) is 58.1. The molecular formula is C56H100O6Si2. The highest BCUT2D eigenvalue weighted by molar-refractivity contribution is 6.74. The van der Waals surface area contributed by atoms with Crippen LogP contribution in [0.25, 0.3) is 0 Å². The number of ether oxygens (including phenoxy) is 2. The molecule has 6 nitrogen and oxygen atoms in total. The molecule has 0 spiro atoms. The Morgan fingerprint density at radius 1 is 0.656 bits per heavy atom. The van der Waals surface area contributed by atoms with Gasteiger partial charge in [-0.15, -0.1) is 13.2 Å². The molecule has 0 aromatic rings. The first-order valence-electron chi connectivity index (χ1n) is 26.0. The molecule has 0 aromatic carbocycles. The van der Waals surface area contributed by atoms with Crippen LogP contribution in [0, 0.1) is 35.5 Å². The SMILES string of the molecule is C=CCCCC(=O)O[C@H]1C[C@@H](C)[C@H](/C=C/[C@H](CCCCC)O[Si](C)(C)C(C)(C)C)[C@H]1C/C=C/C[C@@H]1[C@@H](/C=C/[C@@H](C)CCCCC)[C@H](O[Si](C)(C)C(C)(C)C)C[C@@H]1OC(=O)CCCC=C. The summed E-state index contributed by atoms with van der Waals surface area (Å²) in [6, 6.07) is 0. The van der Waals surface area contributed by atoms with E-state index in [1.54, 1.807) is 0 Å². The van der Waals surface area contributed by atoms with Crippen LogP contribution in [-0.4, -0.2) is 53.0 Å². The summed E-state index contributed by atoms with van der Waals surface area (Å²) < 4.78 is 27.1. The Kier molecular flexibility index (Phi) is 25.7. The summed E-state index contributed by atoms with van der Waals surface area (Å²) in [4.78, 5) is 26.6. The number of rotatable bonds is 30. The molecule has 0 saturated heterocycles. The van der Waals surface area contributed by atoms with Crippen LogP contribution in [0.15, 0.2) is 61.8 Å². The minimum absolute atomic E-state index is 0.0155. The molecule has 0 bridgehead atoms. The zero-order valence-corrected chi connectivity index (χ0v) is 46.0. The fourth-order valence-corrected chi connectivity index (χ4v) is 11.8. The Hall–Kier alpha value is -2.01. The van der Waals surface area contributed by atoms with Crippen LogP contribution < -0.4 is 0 Å². The maximum Gasteiger partial charge on any atom is 0.306 e. The lowest BCUT2D eigenvalue weighted by Gasteiger charge is -2.39. The third-order valence-corrected chi connectivity index (χ3v) is 24.3. The summed E-state index contributed by atoms with van der Waals surface area (Å²) in [5.74, 6) is 1.26. The Morgan fingerprint density at radius 2 is 1.14 bits per heavy atom. The Morgan fingerprint density at radius 3 is 1.64 bits per heavy atom. The summed E-state index contributed by atoms with van der Waals surface area (Å²) in [5, 5.41) is 0.189. The number of unbranched alkanes of at least 4 members (excludes halogenated alkanes) is 6. The third-order valence-electron chi connectivity index (χ3n) is 15.3. The molecular weight excluding hydrogens is 825 g/mol. The van der Waals surface area contributed by atoms with E-state index in [9.17, 15) is 9.59 Å². The average Bonchev–Trinajstić information content (AvgIpc) is 3.66. The van der Waals surface area contributed by atoms with Crippen LogP contribution >= 0.6 is 0 Å². The van der Waals surface area contributed by atoms with Gasteiger partial charge in [0.25, 0.3) is 0 Å². The molecule has 2 aliphatic carbocycles. The maximum atomic E-state index is 13.4. The van der Waals surface area contributed by atoms with Crippen molar-refractivity contribution in [2.75, 3.05) is 0 Å². The van der Waals surface area contributed by atoms with Crippen LogP contribution in [0.2, 0.25) is 36.3 Å². The van der Waals surface area contributed by atoms with Crippen molar-refractivity contribution < 1.29 is 27.9 Å². The first-order valence-corrected chi connectivity index (χ1v) is 31.8. The van der Waals surface area contributed by atoms with Gasteiger partial charge in [0, 0.05) is 37.0 Å². The van der Waals surface area contributed by atoms with Gasteiger partial charge in [-0.3, -0.25) is 9.59 Å². The molecule has 0 heterocycles. The van der Waals surface area contributed by atoms with Gasteiger partial charge in [0.15, 0.2) is 16.6 Å². The van der Waals surface area contributed by atoms with E-state index >= 15 is 0 Å². The number of carbonyl (C=O) groups is 2. The van der Waals surface area contributed by atoms with Gasteiger partial charge < -0.3 is 18.3 Å². The summed E-state index contributed by atoms with van der Waals surface area (Å²) in [5.41, 5.74) is 0. The number of allylic oxidation sites excluding steroid dienone is 6. The topological polar surface area (TPSA) is 71.1 Å².